The lowest BCUT2D eigenvalue weighted by atomic mass is 10.3. The van der Waals surface area contributed by atoms with E-state index in [4.69, 9.17) is 0 Å². The van der Waals surface area contributed by atoms with Gasteiger partial charge in [-0.1, -0.05) is 6.92 Å². The van der Waals surface area contributed by atoms with Crippen molar-refractivity contribution in [2.24, 2.45) is 0 Å². The predicted molar refractivity (Wildman–Crippen MR) is 26.0 cm³/mol. The smallest absolute Gasteiger partial charge is 0.0451 e. The van der Waals surface area contributed by atoms with Gasteiger partial charge in [0.05, 0.1) is 0 Å². The summed E-state index contributed by atoms with van der Waals surface area (Å²) >= 11 is 0. The van der Waals surface area contributed by atoms with E-state index in [-0.39, 0.29) is 0 Å². The van der Waals surface area contributed by atoms with Gasteiger partial charge in [-0.2, -0.15) is 0 Å². The molecule has 0 aliphatic rings. The molecule has 1 unspecified atom stereocenters. The maximum atomic E-state index is 10.2. The maximum Gasteiger partial charge on any atom is 0.0451 e. The Bertz CT molecular complexity index is 35.1. The summed E-state index contributed by atoms with van der Waals surface area (Å²) in [6.45, 7) is 2.23. The van der Waals surface area contributed by atoms with Crippen molar-refractivity contribution in [3.05, 3.63) is 0 Å². The van der Waals surface area contributed by atoms with E-state index >= 15 is 0 Å². The summed E-state index contributed by atoms with van der Waals surface area (Å²) in [4.78, 5) is 0. The zero-order valence-electron chi connectivity index (χ0n) is 4.81. The summed E-state index contributed by atoms with van der Waals surface area (Å²) < 4.78 is 4.65. The lowest BCUT2D eigenvalue weighted by Gasteiger charge is -2.13. The monoisotopic (exact) mass is 103 g/mol. The third-order valence-electron chi connectivity index (χ3n) is 0.729. The van der Waals surface area contributed by atoms with Gasteiger partial charge in [0.15, 0.2) is 0 Å². The van der Waals surface area contributed by atoms with E-state index in [2.05, 4.69) is 4.74 Å². The van der Waals surface area contributed by atoms with Gasteiger partial charge in [-0.3, -0.25) is 0 Å². The Kier molecular flexibility index (Phi) is 4.04. The van der Waals surface area contributed by atoms with Gasteiger partial charge in [-0.15, -0.1) is 6.10 Å². The number of hydrogen-bond acceptors (Lipinski definition) is 2. The van der Waals surface area contributed by atoms with Crippen molar-refractivity contribution in [3.8, 4) is 0 Å². The van der Waals surface area contributed by atoms with E-state index in [1.165, 1.54) is 0 Å². The second kappa shape index (κ2) is 4.09. The molecule has 0 aliphatic carbocycles. The number of methoxy groups -OCH3 is 1. The van der Waals surface area contributed by atoms with Crippen LogP contribution in [-0.2, 0) is 4.74 Å². The van der Waals surface area contributed by atoms with Crippen molar-refractivity contribution in [2.45, 2.75) is 19.4 Å². The minimum Gasteiger partial charge on any atom is -0.852 e. The Hall–Kier alpha value is -0.0800. The Balaban J connectivity index is 2.68. The third kappa shape index (κ3) is 5.92. The van der Waals surface area contributed by atoms with E-state index in [9.17, 15) is 5.11 Å². The highest BCUT2D eigenvalue weighted by Gasteiger charge is 1.81. The van der Waals surface area contributed by atoms with Crippen LogP contribution in [0.4, 0.5) is 0 Å². The average Bonchev–Trinajstić information content (AvgIpc) is 1.61. The molecule has 0 saturated heterocycles. The van der Waals surface area contributed by atoms with Gasteiger partial charge in [0.2, 0.25) is 0 Å². The van der Waals surface area contributed by atoms with Crippen LogP contribution in [0.5, 0.6) is 0 Å². The zero-order chi connectivity index (χ0) is 5.70. The summed E-state index contributed by atoms with van der Waals surface area (Å²) in [6.07, 6.45) is 0.149. The van der Waals surface area contributed by atoms with Crippen molar-refractivity contribution >= 4 is 0 Å². The summed E-state index contributed by atoms with van der Waals surface area (Å²) in [5.41, 5.74) is 0. The molecule has 0 fully saturated rings. The van der Waals surface area contributed by atoms with Crippen LogP contribution in [0, 0.1) is 0 Å². The number of hydrogen-bond donors (Lipinski definition) is 0. The topological polar surface area (TPSA) is 32.3 Å². The molecule has 0 aromatic rings. The molecule has 0 rings (SSSR count). The molecular weight excluding hydrogens is 92.1 g/mol. The van der Waals surface area contributed by atoms with Crippen molar-refractivity contribution in [1.29, 1.82) is 0 Å². The molecule has 0 amide bonds. The molecule has 7 heavy (non-hydrogen) atoms. The highest BCUT2D eigenvalue weighted by molar-refractivity contribution is 4.40. The minimum atomic E-state index is -0.472. The van der Waals surface area contributed by atoms with Gasteiger partial charge in [-0.25, -0.2) is 0 Å². The van der Waals surface area contributed by atoms with Gasteiger partial charge in [0, 0.05) is 13.7 Å². The molecule has 0 heterocycles. The standard InChI is InChI=1S/C5H11O2/c1-5(6)3-4-7-2/h5H,3-4H2,1-2H3/q-1. The molecule has 2 heteroatoms. The van der Waals surface area contributed by atoms with Crippen LogP contribution < -0.4 is 5.11 Å². The Morgan fingerprint density at radius 1 is 1.71 bits per heavy atom. The van der Waals surface area contributed by atoms with Crippen LogP contribution in [0.2, 0.25) is 0 Å². The first kappa shape index (κ1) is 6.92. The van der Waals surface area contributed by atoms with Crippen LogP contribution >= 0.6 is 0 Å². The molecule has 0 spiro atoms. The quantitative estimate of drug-likeness (QED) is 0.494. The molecule has 1 atom stereocenters. The average molecular weight is 103 g/mol. The zero-order valence-corrected chi connectivity index (χ0v) is 4.81. The normalized spacial score (nSPS) is 14.1. The highest BCUT2D eigenvalue weighted by Crippen LogP contribution is 1.82. The molecule has 0 aromatic heterocycles. The highest BCUT2D eigenvalue weighted by atomic mass is 16.5. The summed E-state index contributed by atoms with van der Waals surface area (Å²) in [5, 5.41) is 10.2. The largest absolute Gasteiger partial charge is 0.852 e. The first-order valence-electron chi connectivity index (χ1n) is 2.42. The fraction of sp³-hybridized carbons (Fsp3) is 1.00. The first-order valence-corrected chi connectivity index (χ1v) is 2.42. The summed E-state index contributed by atoms with van der Waals surface area (Å²) in [7, 11) is 1.60. The van der Waals surface area contributed by atoms with Gasteiger partial charge in [0.1, 0.15) is 0 Å². The maximum absolute atomic E-state index is 10.2. The first-order chi connectivity index (χ1) is 3.27. The van der Waals surface area contributed by atoms with Crippen molar-refractivity contribution in [2.75, 3.05) is 13.7 Å². The van der Waals surface area contributed by atoms with Crippen molar-refractivity contribution < 1.29 is 9.84 Å². The number of rotatable bonds is 3. The molecule has 0 bridgehead atoms. The minimum absolute atomic E-state index is 0.472. The van der Waals surface area contributed by atoms with Crippen LogP contribution in [0.15, 0.2) is 0 Å². The van der Waals surface area contributed by atoms with Crippen LogP contribution in [0.1, 0.15) is 13.3 Å². The Labute approximate surface area is 44.1 Å². The fourth-order valence-electron chi connectivity index (χ4n) is 0.284. The van der Waals surface area contributed by atoms with E-state index in [0.717, 1.165) is 0 Å². The van der Waals surface area contributed by atoms with E-state index in [1.807, 2.05) is 0 Å². The molecular formula is C5H11O2-. The van der Waals surface area contributed by atoms with E-state index < -0.39 is 6.10 Å². The van der Waals surface area contributed by atoms with E-state index in [1.54, 1.807) is 14.0 Å². The molecule has 0 radical (unpaired) electrons. The fourth-order valence-corrected chi connectivity index (χ4v) is 0.284. The Morgan fingerprint density at radius 2 is 2.29 bits per heavy atom. The van der Waals surface area contributed by atoms with Gasteiger partial charge >= 0.3 is 0 Å². The lowest BCUT2D eigenvalue weighted by Crippen LogP contribution is -2.21. The van der Waals surface area contributed by atoms with Crippen molar-refractivity contribution in [3.63, 3.8) is 0 Å². The summed E-state index contributed by atoms with van der Waals surface area (Å²) in [6, 6.07) is 0. The Morgan fingerprint density at radius 3 is 2.43 bits per heavy atom. The molecule has 0 saturated carbocycles. The molecule has 0 aromatic carbocycles. The second-order valence-corrected chi connectivity index (χ2v) is 1.59. The van der Waals surface area contributed by atoms with Crippen LogP contribution in [-0.4, -0.2) is 19.8 Å². The van der Waals surface area contributed by atoms with E-state index in [0.29, 0.717) is 13.0 Å². The predicted octanol–water partition coefficient (Wildman–Crippen LogP) is -0.228. The number of ether oxygens (including phenoxy) is 1. The molecule has 0 aliphatic heterocycles. The lowest BCUT2D eigenvalue weighted by molar-refractivity contribution is -0.416. The van der Waals surface area contributed by atoms with Gasteiger partial charge < -0.3 is 9.84 Å². The summed E-state index contributed by atoms with van der Waals surface area (Å²) in [5.74, 6) is 0. The van der Waals surface area contributed by atoms with Gasteiger partial charge in [-0.05, 0) is 6.42 Å². The SMILES string of the molecule is COCCC(C)[O-]. The van der Waals surface area contributed by atoms with Crippen molar-refractivity contribution in [1.82, 2.24) is 0 Å². The van der Waals surface area contributed by atoms with Gasteiger partial charge in [0.25, 0.3) is 0 Å². The second-order valence-electron chi connectivity index (χ2n) is 1.59. The van der Waals surface area contributed by atoms with Crippen LogP contribution in [0.3, 0.4) is 0 Å². The molecule has 0 N–H and O–H groups in total. The molecule has 44 valence electrons. The third-order valence-corrected chi connectivity index (χ3v) is 0.729. The van der Waals surface area contributed by atoms with Crippen LogP contribution in [0.25, 0.3) is 0 Å². The molecule has 2 nitrogen and oxygen atoms in total.